The number of esters is 1. The first kappa shape index (κ1) is 15.4. The minimum Gasteiger partial charge on any atom is -0.420 e. The Morgan fingerprint density at radius 2 is 2.05 bits per heavy atom. The summed E-state index contributed by atoms with van der Waals surface area (Å²) in [4.78, 5) is 15.9. The van der Waals surface area contributed by atoms with E-state index in [9.17, 15) is 9.90 Å². The van der Waals surface area contributed by atoms with Gasteiger partial charge in [0.05, 0.1) is 0 Å². The van der Waals surface area contributed by atoms with Crippen LogP contribution in [0.4, 0.5) is 0 Å². The standard InChI is InChI=1S/C16H22N2O3/c1-3-4-10-18-12-11-17(2)16(18)21-15(20)14(19)13-8-6-5-7-9-13/h5-9,11-12,14,16,19H,3-4,10H2,1-2H3/t14-,16?/m1/s1. The van der Waals surface area contributed by atoms with Crippen LogP contribution in [-0.4, -0.2) is 40.8 Å². The Balaban J connectivity index is 1.97. The van der Waals surface area contributed by atoms with Crippen molar-refractivity contribution < 1.29 is 14.6 Å². The lowest BCUT2D eigenvalue weighted by Crippen LogP contribution is -2.41. The summed E-state index contributed by atoms with van der Waals surface area (Å²) in [5.74, 6) is -0.636. The molecule has 0 fully saturated rings. The predicted molar refractivity (Wildman–Crippen MR) is 79.8 cm³/mol. The number of nitrogens with zero attached hydrogens (tertiary/aromatic N) is 2. The van der Waals surface area contributed by atoms with E-state index in [1.807, 2.05) is 35.3 Å². The van der Waals surface area contributed by atoms with Gasteiger partial charge in [-0.2, -0.15) is 0 Å². The molecule has 1 N–H and O–H groups in total. The zero-order chi connectivity index (χ0) is 15.2. The van der Waals surface area contributed by atoms with E-state index in [4.69, 9.17) is 4.74 Å². The Morgan fingerprint density at radius 3 is 2.71 bits per heavy atom. The normalized spacial score (nSPS) is 18.9. The second-order valence-electron chi connectivity index (χ2n) is 5.13. The van der Waals surface area contributed by atoms with Crippen molar-refractivity contribution in [3.05, 3.63) is 48.3 Å². The quantitative estimate of drug-likeness (QED) is 0.813. The number of carbonyl (C=O) groups excluding carboxylic acids is 1. The smallest absolute Gasteiger partial charge is 0.342 e. The fourth-order valence-electron chi connectivity index (χ4n) is 2.19. The number of aliphatic hydroxyl groups is 1. The van der Waals surface area contributed by atoms with Crippen molar-refractivity contribution in [3.8, 4) is 0 Å². The van der Waals surface area contributed by atoms with Gasteiger partial charge in [0.25, 0.3) is 6.35 Å². The van der Waals surface area contributed by atoms with Crippen molar-refractivity contribution in [2.24, 2.45) is 0 Å². The summed E-state index contributed by atoms with van der Waals surface area (Å²) in [6.07, 6.45) is 4.12. The van der Waals surface area contributed by atoms with E-state index in [0.717, 1.165) is 19.4 Å². The molecule has 1 heterocycles. The molecule has 1 aromatic rings. The summed E-state index contributed by atoms with van der Waals surface area (Å²) in [6.45, 7) is 2.93. The molecule has 0 spiro atoms. The van der Waals surface area contributed by atoms with E-state index in [1.165, 1.54) is 0 Å². The van der Waals surface area contributed by atoms with E-state index >= 15 is 0 Å². The third kappa shape index (κ3) is 3.76. The van der Waals surface area contributed by atoms with Crippen molar-refractivity contribution in [1.82, 2.24) is 9.80 Å². The molecule has 1 aliphatic heterocycles. The third-order valence-electron chi connectivity index (χ3n) is 3.46. The Bertz CT molecular complexity index is 490. The fraction of sp³-hybridized carbons (Fsp3) is 0.438. The van der Waals surface area contributed by atoms with Gasteiger partial charge in [0.2, 0.25) is 0 Å². The highest BCUT2D eigenvalue weighted by atomic mass is 16.6. The van der Waals surface area contributed by atoms with E-state index < -0.39 is 18.4 Å². The lowest BCUT2D eigenvalue weighted by atomic mass is 10.1. The van der Waals surface area contributed by atoms with Crippen LogP contribution in [0.15, 0.2) is 42.7 Å². The van der Waals surface area contributed by atoms with E-state index in [-0.39, 0.29) is 0 Å². The number of carbonyl (C=O) groups is 1. The molecular weight excluding hydrogens is 268 g/mol. The van der Waals surface area contributed by atoms with Crippen LogP contribution in [0, 0.1) is 0 Å². The van der Waals surface area contributed by atoms with Crippen molar-refractivity contribution >= 4 is 5.97 Å². The van der Waals surface area contributed by atoms with Gasteiger partial charge in [-0.3, -0.25) is 0 Å². The first-order chi connectivity index (χ1) is 10.1. The SMILES string of the molecule is CCCCN1C=CN(C)C1OC(=O)[C@H](O)c1ccccc1. The van der Waals surface area contributed by atoms with Crippen LogP contribution < -0.4 is 0 Å². The van der Waals surface area contributed by atoms with Crippen LogP contribution in [0.1, 0.15) is 31.4 Å². The minimum absolute atomic E-state index is 0.484. The van der Waals surface area contributed by atoms with Crippen LogP contribution in [0.2, 0.25) is 0 Å². The summed E-state index contributed by atoms with van der Waals surface area (Å²) in [5.41, 5.74) is 0.538. The van der Waals surface area contributed by atoms with Gasteiger partial charge in [0.1, 0.15) is 0 Å². The third-order valence-corrected chi connectivity index (χ3v) is 3.46. The maximum absolute atomic E-state index is 12.1. The fourth-order valence-corrected chi connectivity index (χ4v) is 2.19. The highest BCUT2D eigenvalue weighted by molar-refractivity contribution is 5.76. The van der Waals surface area contributed by atoms with Gasteiger partial charge >= 0.3 is 5.97 Å². The number of unbranched alkanes of at least 4 members (excludes halogenated alkanes) is 1. The van der Waals surface area contributed by atoms with E-state index in [0.29, 0.717) is 5.56 Å². The highest BCUT2D eigenvalue weighted by Crippen LogP contribution is 2.20. The molecular formula is C16H22N2O3. The first-order valence-electron chi connectivity index (χ1n) is 7.23. The van der Waals surface area contributed by atoms with Crippen LogP contribution in [0.25, 0.3) is 0 Å². The minimum atomic E-state index is -1.26. The van der Waals surface area contributed by atoms with Gasteiger partial charge in [0.15, 0.2) is 6.10 Å². The maximum Gasteiger partial charge on any atom is 0.342 e. The van der Waals surface area contributed by atoms with Gasteiger partial charge in [-0.25, -0.2) is 4.79 Å². The molecule has 5 nitrogen and oxygen atoms in total. The number of aliphatic hydroxyl groups excluding tert-OH is 1. The van der Waals surface area contributed by atoms with Crippen LogP contribution >= 0.6 is 0 Å². The first-order valence-corrected chi connectivity index (χ1v) is 7.23. The number of rotatable bonds is 6. The van der Waals surface area contributed by atoms with Gasteiger partial charge in [-0.05, 0) is 12.0 Å². The van der Waals surface area contributed by atoms with Crippen molar-refractivity contribution in [2.75, 3.05) is 13.6 Å². The maximum atomic E-state index is 12.1. The lowest BCUT2D eigenvalue weighted by molar-refractivity contribution is -0.177. The topological polar surface area (TPSA) is 53.0 Å². The molecule has 0 saturated heterocycles. The number of hydrogen-bond acceptors (Lipinski definition) is 5. The van der Waals surface area contributed by atoms with Gasteiger partial charge in [-0.1, -0.05) is 43.7 Å². The molecule has 0 radical (unpaired) electrons. The molecule has 2 rings (SSSR count). The average molecular weight is 290 g/mol. The summed E-state index contributed by atoms with van der Waals surface area (Å²) in [6, 6.07) is 8.81. The summed E-state index contributed by atoms with van der Waals surface area (Å²) < 4.78 is 5.45. The molecule has 21 heavy (non-hydrogen) atoms. The zero-order valence-corrected chi connectivity index (χ0v) is 12.5. The summed E-state index contributed by atoms with van der Waals surface area (Å²) >= 11 is 0. The van der Waals surface area contributed by atoms with Crippen molar-refractivity contribution in [2.45, 2.75) is 32.2 Å². The van der Waals surface area contributed by atoms with Crippen molar-refractivity contribution in [3.63, 3.8) is 0 Å². The van der Waals surface area contributed by atoms with Gasteiger partial charge in [0, 0.05) is 26.0 Å². The molecule has 0 bridgehead atoms. The monoisotopic (exact) mass is 290 g/mol. The Hall–Kier alpha value is -2.01. The number of benzene rings is 1. The average Bonchev–Trinajstić information content (AvgIpc) is 2.86. The summed E-state index contributed by atoms with van der Waals surface area (Å²) in [7, 11) is 1.84. The molecule has 0 aliphatic carbocycles. The largest absolute Gasteiger partial charge is 0.420 e. The Labute approximate surface area is 125 Å². The molecule has 1 unspecified atom stereocenters. The molecule has 0 amide bonds. The van der Waals surface area contributed by atoms with Gasteiger partial charge in [-0.15, -0.1) is 0 Å². The lowest BCUT2D eigenvalue weighted by Gasteiger charge is -2.30. The number of ether oxygens (including phenoxy) is 1. The van der Waals surface area contributed by atoms with Crippen LogP contribution in [0.5, 0.6) is 0 Å². The highest BCUT2D eigenvalue weighted by Gasteiger charge is 2.30. The molecule has 0 saturated carbocycles. The van der Waals surface area contributed by atoms with Gasteiger partial charge < -0.3 is 19.6 Å². The molecule has 1 aliphatic rings. The Morgan fingerprint density at radius 1 is 1.33 bits per heavy atom. The summed E-state index contributed by atoms with van der Waals surface area (Å²) in [5, 5.41) is 10.1. The molecule has 114 valence electrons. The second-order valence-corrected chi connectivity index (χ2v) is 5.13. The van der Waals surface area contributed by atoms with E-state index in [1.54, 1.807) is 24.3 Å². The van der Waals surface area contributed by atoms with Crippen LogP contribution in [0.3, 0.4) is 0 Å². The zero-order valence-electron chi connectivity index (χ0n) is 12.5. The second kappa shape index (κ2) is 7.13. The van der Waals surface area contributed by atoms with Crippen LogP contribution in [-0.2, 0) is 9.53 Å². The predicted octanol–water partition coefficient (Wildman–Crippen LogP) is 2.07. The number of hydrogen-bond donors (Lipinski definition) is 1. The van der Waals surface area contributed by atoms with Crippen molar-refractivity contribution in [1.29, 1.82) is 0 Å². The van der Waals surface area contributed by atoms with E-state index in [2.05, 4.69) is 6.92 Å². The molecule has 2 atom stereocenters. The molecule has 0 aromatic heterocycles. The molecule has 5 heteroatoms. The molecule has 1 aromatic carbocycles. The Kier molecular flexibility index (Phi) is 5.22.